The number of nitrogens with one attached hydrogen (secondary N) is 1. The van der Waals surface area contributed by atoms with E-state index in [1.807, 2.05) is 39.2 Å². The van der Waals surface area contributed by atoms with Crippen molar-refractivity contribution in [1.82, 2.24) is 19.7 Å². The van der Waals surface area contributed by atoms with Crippen molar-refractivity contribution < 1.29 is 9.59 Å². The predicted octanol–water partition coefficient (Wildman–Crippen LogP) is 3.37. The number of rotatable bonds is 6. The van der Waals surface area contributed by atoms with Gasteiger partial charge in [0, 0.05) is 17.3 Å². The van der Waals surface area contributed by atoms with E-state index < -0.39 is 0 Å². The number of aromatic nitrogens is 4. The Morgan fingerprint density at radius 2 is 1.91 bits per heavy atom. The van der Waals surface area contributed by atoms with Gasteiger partial charge >= 0.3 is 0 Å². The average Bonchev–Trinajstić information content (AvgIpc) is 3.02. The van der Waals surface area contributed by atoms with Gasteiger partial charge in [-0.1, -0.05) is 11.8 Å². The van der Waals surface area contributed by atoms with Gasteiger partial charge in [0.1, 0.15) is 6.33 Å². The fourth-order valence-electron chi connectivity index (χ4n) is 2.61. The summed E-state index contributed by atoms with van der Waals surface area (Å²) in [7, 11) is 0. The lowest BCUT2D eigenvalue weighted by molar-refractivity contribution is 0.0988. The Bertz CT molecular complexity index is 745. The largest absolute Gasteiger partial charge is 0.355 e. The molecule has 0 spiro atoms. The van der Waals surface area contributed by atoms with E-state index in [0.29, 0.717) is 16.4 Å². The molecule has 2 rings (SSSR count). The van der Waals surface area contributed by atoms with E-state index in [9.17, 15) is 9.59 Å². The number of nitrogens with zero attached hydrogens (tertiary/aromatic N) is 3. The first-order valence-corrected chi connectivity index (χ1v) is 8.42. The molecule has 23 heavy (non-hydrogen) atoms. The quantitative estimate of drug-likeness (QED) is 0.647. The van der Waals surface area contributed by atoms with Crippen molar-refractivity contribution in [2.24, 2.45) is 0 Å². The van der Waals surface area contributed by atoms with Gasteiger partial charge in [0.2, 0.25) is 0 Å². The number of thioether (sulfide) groups is 1. The van der Waals surface area contributed by atoms with E-state index in [0.717, 1.165) is 11.3 Å². The molecule has 0 aliphatic rings. The summed E-state index contributed by atoms with van der Waals surface area (Å²) in [5.74, 6) is -0.0726. The van der Waals surface area contributed by atoms with Gasteiger partial charge < -0.3 is 9.55 Å². The molecule has 124 valence electrons. The predicted molar refractivity (Wildman–Crippen MR) is 90.3 cm³/mol. The van der Waals surface area contributed by atoms with E-state index in [4.69, 9.17) is 0 Å². The minimum absolute atomic E-state index is 0.0323. The van der Waals surface area contributed by atoms with Gasteiger partial charge in [-0.05, 0) is 47.1 Å². The first-order chi connectivity index (χ1) is 10.7. The Balaban J connectivity index is 2.25. The van der Waals surface area contributed by atoms with Crippen molar-refractivity contribution in [2.75, 3.05) is 0 Å². The van der Waals surface area contributed by atoms with Crippen LogP contribution in [0.25, 0.3) is 0 Å². The van der Waals surface area contributed by atoms with Crippen LogP contribution in [-0.2, 0) is 0 Å². The highest BCUT2D eigenvalue weighted by Crippen LogP contribution is 2.28. The highest BCUT2D eigenvalue weighted by molar-refractivity contribution is 8.00. The maximum absolute atomic E-state index is 12.7. The second-order valence-corrected chi connectivity index (χ2v) is 7.23. The van der Waals surface area contributed by atoms with Gasteiger partial charge in [-0.15, -0.1) is 10.2 Å². The first kappa shape index (κ1) is 17.5. The maximum Gasteiger partial charge on any atom is 0.192 e. The third kappa shape index (κ3) is 3.39. The van der Waals surface area contributed by atoms with Crippen molar-refractivity contribution in [1.29, 1.82) is 0 Å². The topological polar surface area (TPSA) is 80.6 Å². The molecule has 1 unspecified atom stereocenters. The van der Waals surface area contributed by atoms with Crippen LogP contribution < -0.4 is 0 Å². The van der Waals surface area contributed by atoms with Crippen LogP contribution in [0.5, 0.6) is 0 Å². The van der Waals surface area contributed by atoms with Gasteiger partial charge in [-0.3, -0.25) is 9.59 Å². The number of carbonyl (C=O) groups excluding carboxylic acids is 2. The zero-order valence-electron chi connectivity index (χ0n) is 14.3. The minimum atomic E-state index is -0.326. The number of aromatic amines is 1. The maximum atomic E-state index is 12.7. The molecule has 0 bridgehead atoms. The molecule has 2 aromatic heterocycles. The molecule has 7 heteroatoms. The molecule has 0 saturated heterocycles. The molecule has 0 fully saturated rings. The lowest BCUT2D eigenvalue weighted by Crippen LogP contribution is -2.16. The zero-order chi connectivity index (χ0) is 17.3. The van der Waals surface area contributed by atoms with E-state index in [2.05, 4.69) is 15.2 Å². The van der Waals surface area contributed by atoms with Gasteiger partial charge in [-0.2, -0.15) is 0 Å². The van der Waals surface area contributed by atoms with Crippen LogP contribution in [-0.4, -0.2) is 36.6 Å². The minimum Gasteiger partial charge on any atom is -0.355 e. The molecule has 1 N–H and O–H groups in total. The van der Waals surface area contributed by atoms with Crippen LogP contribution in [0.3, 0.4) is 0 Å². The first-order valence-electron chi connectivity index (χ1n) is 7.54. The Morgan fingerprint density at radius 1 is 1.26 bits per heavy atom. The SMILES string of the molecule is CC(=O)c1c(C)[nH]c(C(=O)C(C)Sc2nncn2C(C)C)c1C. The second kappa shape index (κ2) is 6.70. The summed E-state index contributed by atoms with van der Waals surface area (Å²) in [5.41, 5.74) is 2.57. The normalized spacial score (nSPS) is 12.7. The Labute approximate surface area is 140 Å². The molecule has 2 heterocycles. The van der Waals surface area contributed by atoms with E-state index in [1.165, 1.54) is 18.7 Å². The van der Waals surface area contributed by atoms with E-state index in [-0.39, 0.29) is 22.9 Å². The number of ketones is 2. The van der Waals surface area contributed by atoms with Crippen molar-refractivity contribution in [3.05, 3.63) is 28.8 Å². The summed E-state index contributed by atoms with van der Waals surface area (Å²) in [6.07, 6.45) is 1.67. The van der Waals surface area contributed by atoms with E-state index in [1.54, 1.807) is 6.33 Å². The molecule has 0 aromatic carbocycles. The summed E-state index contributed by atoms with van der Waals surface area (Å²) in [6, 6.07) is 0.230. The number of carbonyl (C=O) groups is 2. The second-order valence-electron chi connectivity index (χ2n) is 5.92. The number of aryl methyl sites for hydroxylation is 1. The zero-order valence-corrected chi connectivity index (χ0v) is 15.1. The number of Topliss-reactive ketones (excluding diaryl/α,β-unsaturated/α-hetero) is 2. The van der Waals surface area contributed by atoms with Gasteiger partial charge in [-0.25, -0.2) is 0 Å². The Morgan fingerprint density at radius 3 is 2.43 bits per heavy atom. The summed E-state index contributed by atoms with van der Waals surface area (Å²) < 4.78 is 1.93. The third-order valence-electron chi connectivity index (χ3n) is 3.78. The van der Waals surface area contributed by atoms with Gasteiger partial charge in [0.05, 0.1) is 10.9 Å². The van der Waals surface area contributed by atoms with Crippen LogP contribution >= 0.6 is 11.8 Å². The lowest BCUT2D eigenvalue weighted by Gasteiger charge is -2.13. The lowest BCUT2D eigenvalue weighted by atomic mass is 10.0. The molecular formula is C16H22N4O2S. The fourth-order valence-corrected chi connectivity index (χ4v) is 3.62. The fraction of sp³-hybridized carbons (Fsp3) is 0.500. The number of hydrogen-bond acceptors (Lipinski definition) is 5. The molecule has 0 aliphatic heterocycles. The molecule has 0 aliphatic carbocycles. The van der Waals surface area contributed by atoms with Crippen molar-refractivity contribution >= 4 is 23.3 Å². The highest BCUT2D eigenvalue weighted by atomic mass is 32.2. The molecule has 1 atom stereocenters. The van der Waals surface area contributed by atoms with Crippen LogP contribution in [0.15, 0.2) is 11.5 Å². The van der Waals surface area contributed by atoms with Crippen molar-refractivity contribution in [3.63, 3.8) is 0 Å². The van der Waals surface area contributed by atoms with Crippen molar-refractivity contribution in [2.45, 2.75) is 58.0 Å². The smallest absolute Gasteiger partial charge is 0.192 e. The molecule has 0 amide bonds. The van der Waals surface area contributed by atoms with Gasteiger partial charge in [0.25, 0.3) is 0 Å². The summed E-state index contributed by atoms with van der Waals surface area (Å²) >= 11 is 1.38. The van der Waals surface area contributed by atoms with Gasteiger partial charge in [0.15, 0.2) is 16.7 Å². The monoisotopic (exact) mass is 334 g/mol. The van der Waals surface area contributed by atoms with Crippen LogP contribution in [0.2, 0.25) is 0 Å². The summed E-state index contributed by atoms with van der Waals surface area (Å²) in [4.78, 5) is 27.5. The van der Waals surface area contributed by atoms with Crippen LogP contribution in [0.4, 0.5) is 0 Å². The summed E-state index contributed by atoms with van der Waals surface area (Å²) in [5, 5.41) is 8.39. The van der Waals surface area contributed by atoms with Crippen LogP contribution in [0, 0.1) is 13.8 Å². The third-order valence-corrected chi connectivity index (χ3v) is 4.85. The summed E-state index contributed by atoms with van der Waals surface area (Å²) in [6.45, 7) is 11.1. The number of hydrogen-bond donors (Lipinski definition) is 1. The molecule has 0 radical (unpaired) electrons. The Kier molecular flexibility index (Phi) is 5.09. The van der Waals surface area contributed by atoms with Crippen LogP contribution in [0.1, 0.15) is 65.8 Å². The molecule has 6 nitrogen and oxygen atoms in total. The number of H-pyrrole nitrogens is 1. The Hall–Kier alpha value is -1.89. The molecular weight excluding hydrogens is 312 g/mol. The molecule has 2 aromatic rings. The van der Waals surface area contributed by atoms with E-state index >= 15 is 0 Å². The standard InChI is InChI=1S/C16H22N4O2S/c1-8(2)20-7-17-19-16(20)23-12(6)15(22)14-9(3)13(11(5)21)10(4)18-14/h7-8,12,18H,1-6H3. The molecule has 0 saturated carbocycles. The highest BCUT2D eigenvalue weighted by Gasteiger charge is 2.25. The average molecular weight is 334 g/mol. The van der Waals surface area contributed by atoms with Crippen molar-refractivity contribution in [3.8, 4) is 0 Å².